The number of amides is 2. The summed E-state index contributed by atoms with van der Waals surface area (Å²) >= 11 is 0. The monoisotopic (exact) mass is 368 g/mol. The smallest absolute Gasteiger partial charge is 0.409 e. The number of unbranched alkanes of at least 4 members (excludes halogenated alkanes) is 1. The Labute approximate surface area is 159 Å². The standard InChI is InChI=1S/C21H24N2O4/c1-2-3-13-22-21(25)27-20-17-11-7-8-12-18(17)26-15-19(24)23(20)14-16-9-5-4-6-10-16/h4-12,20H,2-3,13-15H2,1H3,(H,22,25). The average molecular weight is 368 g/mol. The zero-order valence-corrected chi connectivity index (χ0v) is 15.4. The molecule has 0 aliphatic carbocycles. The van der Waals surface area contributed by atoms with Gasteiger partial charge in [0, 0.05) is 13.1 Å². The van der Waals surface area contributed by atoms with E-state index in [4.69, 9.17) is 9.47 Å². The number of hydrogen-bond donors (Lipinski definition) is 1. The fourth-order valence-corrected chi connectivity index (χ4v) is 2.93. The number of para-hydroxylation sites is 1. The molecule has 6 heteroatoms. The molecule has 2 amide bonds. The quantitative estimate of drug-likeness (QED) is 0.791. The lowest BCUT2D eigenvalue weighted by Gasteiger charge is -2.29. The molecule has 1 unspecified atom stereocenters. The van der Waals surface area contributed by atoms with Gasteiger partial charge in [0.25, 0.3) is 5.91 Å². The zero-order valence-electron chi connectivity index (χ0n) is 15.4. The maximum atomic E-state index is 12.7. The lowest BCUT2D eigenvalue weighted by molar-refractivity contribution is -0.143. The van der Waals surface area contributed by atoms with E-state index in [2.05, 4.69) is 5.32 Å². The topological polar surface area (TPSA) is 67.9 Å². The SMILES string of the molecule is CCCCNC(=O)OC1c2ccccc2OCC(=O)N1Cc1ccccc1. The van der Waals surface area contributed by atoms with Crippen LogP contribution in [0.1, 0.15) is 37.1 Å². The molecule has 2 aromatic rings. The van der Waals surface area contributed by atoms with Crippen molar-refractivity contribution in [3.8, 4) is 5.75 Å². The van der Waals surface area contributed by atoms with Crippen LogP contribution in [0, 0.1) is 0 Å². The predicted molar refractivity (Wildman–Crippen MR) is 101 cm³/mol. The normalized spacial score (nSPS) is 16.1. The van der Waals surface area contributed by atoms with Crippen LogP contribution in [0.3, 0.4) is 0 Å². The predicted octanol–water partition coefficient (Wildman–Crippen LogP) is 3.63. The highest BCUT2D eigenvalue weighted by atomic mass is 16.6. The van der Waals surface area contributed by atoms with E-state index in [1.54, 1.807) is 11.0 Å². The minimum atomic E-state index is -0.849. The minimum Gasteiger partial charge on any atom is -0.483 e. The van der Waals surface area contributed by atoms with Crippen molar-refractivity contribution in [1.82, 2.24) is 10.2 Å². The van der Waals surface area contributed by atoms with Crippen LogP contribution in [-0.2, 0) is 16.1 Å². The largest absolute Gasteiger partial charge is 0.483 e. The molecule has 1 N–H and O–H groups in total. The third-order valence-electron chi connectivity index (χ3n) is 4.35. The van der Waals surface area contributed by atoms with Gasteiger partial charge in [0.15, 0.2) is 6.61 Å². The Morgan fingerprint density at radius 3 is 2.70 bits per heavy atom. The number of nitrogens with zero attached hydrogens (tertiary/aromatic N) is 1. The van der Waals surface area contributed by atoms with Gasteiger partial charge in [-0.1, -0.05) is 55.8 Å². The molecule has 1 heterocycles. The van der Waals surface area contributed by atoms with Gasteiger partial charge in [-0.3, -0.25) is 9.69 Å². The molecule has 27 heavy (non-hydrogen) atoms. The van der Waals surface area contributed by atoms with Crippen LogP contribution in [0.15, 0.2) is 54.6 Å². The fraction of sp³-hybridized carbons (Fsp3) is 0.333. The first-order chi connectivity index (χ1) is 13.2. The first-order valence-electron chi connectivity index (χ1n) is 9.18. The van der Waals surface area contributed by atoms with Crippen molar-refractivity contribution < 1.29 is 19.1 Å². The summed E-state index contributed by atoms with van der Waals surface area (Å²) in [7, 11) is 0. The van der Waals surface area contributed by atoms with E-state index in [0.717, 1.165) is 18.4 Å². The summed E-state index contributed by atoms with van der Waals surface area (Å²) in [5.41, 5.74) is 1.61. The molecule has 0 bridgehead atoms. The fourth-order valence-electron chi connectivity index (χ4n) is 2.93. The number of alkyl carbamates (subject to hydrolysis) is 1. The third-order valence-corrected chi connectivity index (χ3v) is 4.35. The number of rotatable bonds is 6. The van der Waals surface area contributed by atoms with Gasteiger partial charge in [0.05, 0.1) is 5.56 Å². The summed E-state index contributed by atoms with van der Waals surface area (Å²) < 4.78 is 11.3. The lowest BCUT2D eigenvalue weighted by Crippen LogP contribution is -2.39. The van der Waals surface area contributed by atoms with Crippen molar-refractivity contribution in [2.24, 2.45) is 0 Å². The van der Waals surface area contributed by atoms with Crippen molar-refractivity contribution >= 4 is 12.0 Å². The van der Waals surface area contributed by atoms with E-state index >= 15 is 0 Å². The molecule has 0 radical (unpaired) electrons. The van der Waals surface area contributed by atoms with E-state index in [0.29, 0.717) is 24.4 Å². The Hall–Kier alpha value is -3.02. The Morgan fingerprint density at radius 1 is 1.19 bits per heavy atom. The van der Waals surface area contributed by atoms with E-state index < -0.39 is 12.3 Å². The Balaban J connectivity index is 1.87. The maximum Gasteiger partial charge on any atom is 0.409 e. The third kappa shape index (κ3) is 4.78. The summed E-state index contributed by atoms with van der Waals surface area (Å²) in [6.45, 7) is 2.81. The van der Waals surface area contributed by atoms with Gasteiger partial charge in [0.1, 0.15) is 5.75 Å². The van der Waals surface area contributed by atoms with Gasteiger partial charge in [-0.2, -0.15) is 0 Å². The van der Waals surface area contributed by atoms with Gasteiger partial charge in [-0.15, -0.1) is 0 Å². The molecule has 6 nitrogen and oxygen atoms in total. The Bertz CT molecular complexity index is 779. The molecule has 142 valence electrons. The molecule has 3 rings (SSSR count). The molecule has 0 spiro atoms. The van der Waals surface area contributed by atoms with Gasteiger partial charge in [0.2, 0.25) is 6.23 Å². The summed E-state index contributed by atoms with van der Waals surface area (Å²) in [6.07, 6.45) is 0.444. The van der Waals surface area contributed by atoms with E-state index in [1.165, 1.54) is 0 Å². The van der Waals surface area contributed by atoms with Crippen molar-refractivity contribution in [3.63, 3.8) is 0 Å². The summed E-state index contributed by atoms with van der Waals surface area (Å²) in [6, 6.07) is 16.9. The lowest BCUT2D eigenvalue weighted by atomic mass is 10.1. The minimum absolute atomic E-state index is 0.0961. The first kappa shape index (κ1) is 18.8. The number of carbonyl (C=O) groups excluding carboxylic acids is 2. The highest BCUT2D eigenvalue weighted by molar-refractivity contribution is 5.79. The second kappa shape index (κ2) is 9.07. The van der Waals surface area contributed by atoms with Gasteiger partial charge < -0.3 is 14.8 Å². The van der Waals surface area contributed by atoms with E-state index in [9.17, 15) is 9.59 Å². The number of hydrogen-bond acceptors (Lipinski definition) is 4. The van der Waals surface area contributed by atoms with Crippen molar-refractivity contribution in [1.29, 1.82) is 0 Å². The van der Waals surface area contributed by atoms with Gasteiger partial charge >= 0.3 is 6.09 Å². The molecule has 0 fully saturated rings. The number of nitrogens with one attached hydrogen (secondary N) is 1. The highest BCUT2D eigenvalue weighted by Crippen LogP contribution is 2.34. The zero-order chi connectivity index (χ0) is 19.1. The molecular weight excluding hydrogens is 344 g/mol. The maximum absolute atomic E-state index is 12.7. The Morgan fingerprint density at radius 2 is 1.93 bits per heavy atom. The Kier molecular flexibility index (Phi) is 6.30. The van der Waals surface area contributed by atoms with Crippen LogP contribution < -0.4 is 10.1 Å². The van der Waals surface area contributed by atoms with E-state index in [1.807, 2.05) is 55.5 Å². The number of benzene rings is 2. The average Bonchev–Trinajstić information content (AvgIpc) is 2.81. The molecule has 1 atom stereocenters. The van der Waals surface area contributed by atoms with Crippen LogP contribution in [0.2, 0.25) is 0 Å². The second-order valence-electron chi connectivity index (χ2n) is 6.37. The molecule has 2 aromatic carbocycles. The van der Waals surface area contributed by atoms with Crippen LogP contribution in [-0.4, -0.2) is 30.1 Å². The molecule has 1 aliphatic rings. The summed E-state index contributed by atoms with van der Waals surface area (Å²) in [4.78, 5) is 26.6. The molecule has 0 saturated carbocycles. The van der Waals surface area contributed by atoms with Gasteiger partial charge in [-0.25, -0.2) is 4.79 Å². The number of carbonyl (C=O) groups is 2. The number of ether oxygens (including phenoxy) is 2. The highest BCUT2D eigenvalue weighted by Gasteiger charge is 2.34. The molecule has 0 saturated heterocycles. The van der Waals surface area contributed by atoms with Crippen molar-refractivity contribution in [3.05, 3.63) is 65.7 Å². The summed E-state index contributed by atoms with van der Waals surface area (Å²) in [5.74, 6) is 0.314. The number of fused-ring (bicyclic) bond motifs is 1. The first-order valence-corrected chi connectivity index (χ1v) is 9.18. The van der Waals surface area contributed by atoms with E-state index in [-0.39, 0.29) is 12.5 Å². The van der Waals surface area contributed by atoms with Crippen molar-refractivity contribution in [2.45, 2.75) is 32.5 Å². The van der Waals surface area contributed by atoms with Crippen LogP contribution in [0.25, 0.3) is 0 Å². The van der Waals surface area contributed by atoms with Crippen LogP contribution in [0.5, 0.6) is 5.75 Å². The van der Waals surface area contributed by atoms with Gasteiger partial charge in [-0.05, 0) is 24.1 Å². The summed E-state index contributed by atoms with van der Waals surface area (Å²) in [5, 5.41) is 2.74. The second-order valence-corrected chi connectivity index (χ2v) is 6.37. The molecule has 0 aromatic heterocycles. The van der Waals surface area contributed by atoms with Crippen molar-refractivity contribution in [2.75, 3.05) is 13.2 Å². The molecule has 1 aliphatic heterocycles. The van der Waals surface area contributed by atoms with Crippen LogP contribution >= 0.6 is 0 Å². The molecular formula is C21H24N2O4. The van der Waals surface area contributed by atoms with Crippen LogP contribution in [0.4, 0.5) is 4.79 Å².